The molecule has 0 saturated heterocycles. The monoisotopic (exact) mass is 294 g/mol. The lowest BCUT2D eigenvalue weighted by Crippen LogP contribution is -1.99. The van der Waals surface area contributed by atoms with Gasteiger partial charge in [-0.2, -0.15) is 0 Å². The Hall–Kier alpha value is -2.01. The van der Waals surface area contributed by atoms with Crippen LogP contribution < -0.4 is 14.2 Å². The molecule has 0 radical (unpaired) electrons. The van der Waals surface area contributed by atoms with Gasteiger partial charge in [-0.1, -0.05) is 24.6 Å². The Balaban J connectivity index is 2.47. The van der Waals surface area contributed by atoms with Gasteiger partial charge in [-0.3, -0.25) is 0 Å². The molecule has 1 aromatic carbocycles. The first kappa shape index (κ1) is 14.4. The van der Waals surface area contributed by atoms with Crippen molar-refractivity contribution in [2.45, 2.75) is 13.3 Å². The van der Waals surface area contributed by atoms with Crippen LogP contribution in [0.1, 0.15) is 12.5 Å². The van der Waals surface area contributed by atoms with E-state index in [0.29, 0.717) is 34.7 Å². The van der Waals surface area contributed by atoms with Gasteiger partial charge in [0, 0.05) is 0 Å². The number of ether oxygens (including phenoxy) is 3. The van der Waals surface area contributed by atoms with E-state index < -0.39 is 0 Å². The van der Waals surface area contributed by atoms with Crippen molar-refractivity contribution in [1.82, 2.24) is 9.97 Å². The lowest BCUT2D eigenvalue weighted by atomic mass is 10.2. The second-order valence-corrected chi connectivity index (χ2v) is 4.25. The number of para-hydroxylation sites is 1. The largest absolute Gasteiger partial charge is 0.493 e. The van der Waals surface area contributed by atoms with Crippen molar-refractivity contribution >= 4 is 11.6 Å². The van der Waals surface area contributed by atoms with E-state index in [1.165, 1.54) is 6.33 Å². The lowest BCUT2D eigenvalue weighted by Gasteiger charge is -2.14. The molecule has 0 aliphatic carbocycles. The topological polar surface area (TPSA) is 53.5 Å². The maximum Gasteiger partial charge on any atom is 0.227 e. The summed E-state index contributed by atoms with van der Waals surface area (Å²) in [4.78, 5) is 8.08. The Morgan fingerprint density at radius 1 is 1.10 bits per heavy atom. The van der Waals surface area contributed by atoms with Crippen LogP contribution in [-0.4, -0.2) is 24.2 Å². The van der Waals surface area contributed by atoms with Gasteiger partial charge in [-0.05, 0) is 18.6 Å². The molecule has 0 bridgehead atoms. The third-order valence-electron chi connectivity index (χ3n) is 2.79. The van der Waals surface area contributed by atoms with E-state index in [2.05, 4.69) is 9.97 Å². The highest BCUT2D eigenvalue weighted by atomic mass is 35.5. The molecule has 2 aromatic rings. The highest BCUT2D eigenvalue weighted by molar-refractivity contribution is 6.30. The standard InChI is InChI=1S/C14H15ClN2O3/c1-4-9-13(15)16-8-17-14(9)20-12-10(18-2)6-5-7-11(12)19-3/h5-8H,4H2,1-3H3. The molecule has 0 spiro atoms. The second-order valence-electron chi connectivity index (χ2n) is 3.90. The highest BCUT2D eigenvalue weighted by Crippen LogP contribution is 2.40. The molecule has 0 aliphatic rings. The summed E-state index contributed by atoms with van der Waals surface area (Å²) in [7, 11) is 3.13. The fraction of sp³-hybridized carbons (Fsp3) is 0.286. The molecular formula is C14H15ClN2O3. The molecule has 6 heteroatoms. The van der Waals surface area contributed by atoms with E-state index in [-0.39, 0.29) is 0 Å². The second kappa shape index (κ2) is 6.43. The summed E-state index contributed by atoms with van der Waals surface area (Å²) in [5, 5.41) is 0.381. The predicted octanol–water partition coefficient (Wildman–Crippen LogP) is 3.50. The van der Waals surface area contributed by atoms with Crippen LogP contribution in [0.25, 0.3) is 0 Å². The van der Waals surface area contributed by atoms with Gasteiger partial charge in [0.15, 0.2) is 11.5 Å². The van der Waals surface area contributed by atoms with E-state index in [1.807, 2.05) is 13.0 Å². The molecule has 1 aromatic heterocycles. The van der Waals surface area contributed by atoms with E-state index in [9.17, 15) is 0 Å². The molecule has 20 heavy (non-hydrogen) atoms. The fourth-order valence-electron chi connectivity index (χ4n) is 1.78. The van der Waals surface area contributed by atoms with Crippen LogP contribution in [-0.2, 0) is 6.42 Å². The number of halogens is 1. The van der Waals surface area contributed by atoms with Crippen molar-refractivity contribution in [3.63, 3.8) is 0 Å². The Kier molecular flexibility index (Phi) is 4.63. The minimum absolute atomic E-state index is 0.381. The first-order valence-corrected chi connectivity index (χ1v) is 6.47. The number of methoxy groups -OCH3 is 2. The van der Waals surface area contributed by atoms with Crippen molar-refractivity contribution in [3.05, 3.63) is 35.2 Å². The molecule has 0 amide bonds. The number of hydrogen-bond donors (Lipinski definition) is 0. The summed E-state index contributed by atoms with van der Waals surface area (Å²) in [5.41, 5.74) is 0.738. The number of hydrogen-bond acceptors (Lipinski definition) is 5. The molecule has 1 heterocycles. The van der Waals surface area contributed by atoms with Gasteiger partial charge < -0.3 is 14.2 Å². The van der Waals surface area contributed by atoms with Gasteiger partial charge in [0.25, 0.3) is 0 Å². The SMILES string of the molecule is CCc1c(Cl)ncnc1Oc1c(OC)cccc1OC. The third kappa shape index (κ3) is 2.77. The van der Waals surface area contributed by atoms with Crippen LogP contribution in [0.15, 0.2) is 24.5 Å². The summed E-state index contributed by atoms with van der Waals surface area (Å²) in [6, 6.07) is 5.39. The van der Waals surface area contributed by atoms with Crippen LogP contribution in [0.2, 0.25) is 5.15 Å². The average Bonchev–Trinajstić information content (AvgIpc) is 2.47. The maximum atomic E-state index is 6.05. The van der Waals surface area contributed by atoms with Crippen LogP contribution in [0.4, 0.5) is 0 Å². The predicted molar refractivity (Wildman–Crippen MR) is 76.0 cm³/mol. The first-order valence-electron chi connectivity index (χ1n) is 6.09. The Bertz CT molecular complexity index is 583. The van der Waals surface area contributed by atoms with Crippen molar-refractivity contribution in [1.29, 1.82) is 0 Å². The normalized spacial score (nSPS) is 10.2. The fourth-order valence-corrected chi connectivity index (χ4v) is 2.03. The molecule has 0 fully saturated rings. The zero-order chi connectivity index (χ0) is 14.5. The summed E-state index contributed by atoms with van der Waals surface area (Å²) < 4.78 is 16.4. The molecule has 0 saturated carbocycles. The van der Waals surface area contributed by atoms with Crippen LogP contribution in [0.5, 0.6) is 23.1 Å². The molecule has 0 unspecified atom stereocenters. The first-order chi connectivity index (χ1) is 9.71. The Morgan fingerprint density at radius 2 is 1.75 bits per heavy atom. The third-order valence-corrected chi connectivity index (χ3v) is 3.11. The highest BCUT2D eigenvalue weighted by Gasteiger charge is 2.16. The Labute approximate surface area is 122 Å². The zero-order valence-corrected chi connectivity index (χ0v) is 12.3. The molecule has 2 rings (SSSR count). The lowest BCUT2D eigenvalue weighted by molar-refractivity contribution is 0.340. The van der Waals surface area contributed by atoms with Gasteiger partial charge in [0.2, 0.25) is 11.6 Å². The zero-order valence-electron chi connectivity index (χ0n) is 11.5. The molecule has 0 aliphatic heterocycles. The smallest absolute Gasteiger partial charge is 0.227 e. The summed E-state index contributed by atoms with van der Waals surface area (Å²) >= 11 is 6.05. The van der Waals surface area contributed by atoms with E-state index in [4.69, 9.17) is 25.8 Å². The molecule has 106 valence electrons. The van der Waals surface area contributed by atoms with Crippen molar-refractivity contribution in [3.8, 4) is 23.1 Å². The van der Waals surface area contributed by atoms with Gasteiger partial charge in [-0.15, -0.1) is 0 Å². The molecule has 5 nitrogen and oxygen atoms in total. The molecule has 0 atom stereocenters. The molecule has 0 N–H and O–H groups in total. The summed E-state index contributed by atoms with van der Waals surface area (Å²) in [6.45, 7) is 1.96. The molecular weight excluding hydrogens is 280 g/mol. The van der Waals surface area contributed by atoms with E-state index in [1.54, 1.807) is 26.4 Å². The maximum absolute atomic E-state index is 6.05. The van der Waals surface area contributed by atoms with Gasteiger partial charge in [0.1, 0.15) is 11.5 Å². The van der Waals surface area contributed by atoms with Crippen LogP contribution in [0.3, 0.4) is 0 Å². The number of aromatic nitrogens is 2. The van der Waals surface area contributed by atoms with E-state index >= 15 is 0 Å². The van der Waals surface area contributed by atoms with Crippen molar-refractivity contribution in [2.24, 2.45) is 0 Å². The minimum Gasteiger partial charge on any atom is -0.493 e. The number of benzene rings is 1. The van der Waals surface area contributed by atoms with E-state index in [0.717, 1.165) is 5.56 Å². The number of rotatable bonds is 5. The van der Waals surface area contributed by atoms with Crippen LogP contribution in [0, 0.1) is 0 Å². The van der Waals surface area contributed by atoms with Gasteiger partial charge >= 0.3 is 0 Å². The van der Waals surface area contributed by atoms with Gasteiger partial charge in [-0.25, -0.2) is 9.97 Å². The average molecular weight is 295 g/mol. The van der Waals surface area contributed by atoms with Crippen molar-refractivity contribution in [2.75, 3.05) is 14.2 Å². The van der Waals surface area contributed by atoms with Gasteiger partial charge in [0.05, 0.1) is 19.8 Å². The van der Waals surface area contributed by atoms with Crippen LogP contribution >= 0.6 is 11.6 Å². The minimum atomic E-state index is 0.381. The number of nitrogens with zero attached hydrogens (tertiary/aromatic N) is 2. The summed E-state index contributed by atoms with van der Waals surface area (Å²) in [6.07, 6.45) is 2.02. The quantitative estimate of drug-likeness (QED) is 0.790. The summed E-state index contributed by atoms with van der Waals surface area (Å²) in [5.74, 6) is 1.97. The van der Waals surface area contributed by atoms with Crippen molar-refractivity contribution < 1.29 is 14.2 Å². The Morgan fingerprint density at radius 3 is 2.30 bits per heavy atom.